The first-order chi connectivity index (χ1) is 18.9. The molecule has 2 N–H and O–H groups in total. The summed E-state index contributed by atoms with van der Waals surface area (Å²) in [4.78, 5) is 37.0. The number of aliphatic carboxylic acids is 1. The van der Waals surface area contributed by atoms with Crippen LogP contribution in [0.4, 0.5) is 0 Å². The number of hydrogen-bond donors (Lipinski definition) is 2. The van der Waals surface area contributed by atoms with Gasteiger partial charge in [0.15, 0.2) is 0 Å². The highest BCUT2D eigenvalue weighted by Crippen LogP contribution is 2.76. The number of carboxylic acid groups (broad SMARTS) is 1. The number of carboxylic acids is 1. The van der Waals surface area contributed by atoms with Crippen molar-refractivity contribution in [2.75, 3.05) is 6.61 Å². The molecule has 41 heavy (non-hydrogen) atoms. The van der Waals surface area contributed by atoms with Crippen LogP contribution in [0.5, 0.6) is 0 Å². The molecule has 0 amide bonds. The largest absolute Gasteiger partial charge is 0.481 e. The summed E-state index contributed by atoms with van der Waals surface area (Å²) in [6, 6.07) is 0. The van der Waals surface area contributed by atoms with Gasteiger partial charge < -0.3 is 19.7 Å². The molecule has 4 fully saturated rings. The van der Waals surface area contributed by atoms with Gasteiger partial charge in [-0.3, -0.25) is 14.4 Å². The van der Waals surface area contributed by atoms with Crippen LogP contribution in [0.2, 0.25) is 0 Å². The first-order valence-electron chi connectivity index (χ1n) is 15.8. The Balaban J connectivity index is 1.60. The van der Waals surface area contributed by atoms with E-state index in [0.717, 1.165) is 44.9 Å². The van der Waals surface area contributed by atoms with Crippen molar-refractivity contribution in [3.63, 3.8) is 0 Å². The molecule has 5 rings (SSSR count). The third kappa shape index (κ3) is 4.25. The highest BCUT2D eigenvalue weighted by molar-refractivity contribution is 5.76. The molecule has 0 radical (unpaired) electrons. The molecule has 0 aromatic rings. The molecule has 10 unspecified atom stereocenters. The van der Waals surface area contributed by atoms with Crippen molar-refractivity contribution in [1.29, 1.82) is 0 Å². The molecule has 0 aromatic carbocycles. The van der Waals surface area contributed by atoms with E-state index in [4.69, 9.17) is 9.47 Å². The molecule has 5 aliphatic rings. The molecule has 5 aliphatic carbocycles. The minimum absolute atomic E-state index is 0.0435. The summed E-state index contributed by atoms with van der Waals surface area (Å²) in [6.07, 6.45) is 8.18. The summed E-state index contributed by atoms with van der Waals surface area (Å²) < 4.78 is 11.4. The van der Waals surface area contributed by atoms with Crippen molar-refractivity contribution >= 4 is 17.9 Å². The van der Waals surface area contributed by atoms with Crippen molar-refractivity contribution in [2.24, 2.45) is 50.2 Å². The van der Waals surface area contributed by atoms with Crippen molar-refractivity contribution < 1.29 is 34.1 Å². The van der Waals surface area contributed by atoms with Gasteiger partial charge in [-0.2, -0.15) is 0 Å². The molecular formula is C34H52O7. The quantitative estimate of drug-likeness (QED) is 0.300. The zero-order valence-electron chi connectivity index (χ0n) is 26.5. The second-order valence-corrected chi connectivity index (χ2v) is 16.3. The monoisotopic (exact) mass is 572 g/mol. The van der Waals surface area contributed by atoms with Gasteiger partial charge in [-0.05, 0) is 97.2 Å². The van der Waals surface area contributed by atoms with Crippen LogP contribution in [-0.2, 0) is 23.9 Å². The summed E-state index contributed by atoms with van der Waals surface area (Å²) in [6.45, 7) is 16.6. The summed E-state index contributed by atoms with van der Waals surface area (Å²) in [5.41, 5.74) is -0.458. The molecule has 0 saturated heterocycles. The number of aliphatic hydroxyl groups is 1. The standard InChI is InChI=1S/C34H52O7/c1-20(35)40-19-31(6)25-11-12-33(8)26(30(25,5)18-24(27(31)37)41-21(2)36)10-9-22-23-17-29(3,4)13-15-34(23,28(38)39)16-14-32(22,33)7/h9,23-27,37H,10-19H2,1-8H3,(H,38,39). The number of rotatable bonds is 4. The van der Waals surface area contributed by atoms with E-state index < -0.39 is 35.0 Å². The van der Waals surface area contributed by atoms with Crippen LogP contribution < -0.4 is 0 Å². The van der Waals surface area contributed by atoms with E-state index in [-0.39, 0.29) is 52.0 Å². The van der Waals surface area contributed by atoms with E-state index in [1.54, 1.807) is 0 Å². The lowest BCUT2D eigenvalue weighted by atomic mass is 9.33. The van der Waals surface area contributed by atoms with Crippen LogP contribution in [0.15, 0.2) is 11.6 Å². The fourth-order valence-corrected chi connectivity index (χ4v) is 11.3. The van der Waals surface area contributed by atoms with E-state index in [0.29, 0.717) is 12.8 Å². The van der Waals surface area contributed by atoms with Crippen molar-refractivity contribution in [3.8, 4) is 0 Å². The summed E-state index contributed by atoms with van der Waals surface area (Å²) in [7, 11) is 0. The van der Waals surface area contributed by atoms with Gasteiger partial charge in [-0.1, -0.05) is 53.2 Å². The third-order valence-electron chi connectivity index (χ3n) is 13.7. The zero-order chi connectivity index (χ0) is 30.4. The van der Waals surface area contributed by atoms with E-state index in [2.05, 4.69) is 40.7 Å². The first-order valence-corrected chi connectivity index (χ1v) is 15.8. The first kappa shape index (κ1) is 30.6. The molecule has 10 atom stereocenters. The second-order valence-electron chi connectivity index (χ2n) is 16.3. The highest BCUT2D eigenvalue weighted by Gasteiger charge is 2.71. The van der Waals surface area contributed by atoms with Gasteiger partial charge in [0, 0.05) is 19.3 Å². The second kappa shape index (κ2) is 9.56. The zero-order valence-corrected chi connectivity index (χ0v) is 26.5. The number of allylic oxidation sites excluding steroid dienone is 2. The Bertz CT molecular complexity index is 1160. The van der Waals surface area contributed by atoms with E-state index in [9.17, 15) is 24.6 Å². The highest BCUT2D eigenvalue weighted by atomic mass is 16.6. The average Bonchev–Trinajstić information content (AvgIpc) is 2.85. The van der Waals surface area contributed by atoms with Gasteiger partial charge in [0.25, 0.3) is 0 Å². The van der Waals surface area contributed by atoms with Gasteiger partial charge in [0.05, 0.1) is 18.1 Å². The van der Waals surface area contributed by atoms with Gasteiger partial charge >= 0.3 is 17.9 Å². The number of aliphatic hydroxyl groups excluding tert-OH is 1. The van der Waals surface area contributed by atoms with E-state index in [1.165, 1.54) is 19.4 Å². The van der Waals surface area contributed by atoms with Crippen LogP contribution in [0.1, 0.15) is 113 Å². The van der Waals surface area contributed by atoms with Crippen LogP contribution in [0.3, 0.4) is 0 Å². The van der Waals surface area contributed by atoms with E-state index >= 15 is 0 Å². The molecule has 0 aromatic heterocycles. The molecule has 0 spiro atoms. The topological polar surface area (TPSA) is 110 Å². The maximum Gasteiger partial charge on any atom is 0.310 e. The summed E-state index contributed by atoms with van der Waals surface area (Å²) in [5.74, 6) is -1.06. The Morgan fingerprint density at radius 3 is 2.17 bits per heavy atom. The number of hydrogen-bond acceptors (Lipinski definition) is 6. The number of esters is 2. The van der Waals surface area contributed by atoms with Gasteiger partial charge in [-0.15, -0.1) is 0 Å². The fraction of sp³-hybridized carbons (Fsp3) is 0.853. The van der Waals surface area contributed by atoms with Gasteiger partial charge in [0.2, 0.25) is 0 Å². The normalized spacial score (nSPS) is 48.3. The van der Waals surface area contributed by atoms with Gasteiger partial charge in [0.1, 0.15) is 6.10 Å². The number of fused-ring (bicyclic) bond motifs is 7. The van der Waals surface area contributed by atoms with E-state index in [1.807, 2.05) is 6.92 Å². The molecule has 0 heterocycles. The smallest absolute Gasteiger partial charge is 0.310 e. The SMILES string of the molecule is CC(=O)OCC1(C)C(O)C(OC(C)=O)CC2(C)C1CCC1(C)C2CC=C2C3CC(C)(C)CCC3(C(=O)O)CCC21C. The molecule has 230 valence electrons. The lowest BCUT2D eigenvalue weighted by Gasteiger charge is -2.71. The molecular weight excluding hydrogens is 520 g/mol. The lowest BCUT2D eigenvalue weighted by molar-refractivity contribution is -0.250. The minimum atomic E-state index is -0.936. The van der Waals surface area contributed by atoms with Crippen LogP contribution >= 0.6 is 0 Å². The van der Waals surface area contributed by atoms with Crippen molar-refractivity contribution in [2.45, 2.75) is 125 Å². The molecule has 0 aliphatic heterocycles. The van der Waals surface area contributed by atoms with Crippen molar-refractivity contribution in [1.82, 2.24) is 0 Å². The minimum Gasteiger partial charge on any atom is -0.481 e. The summed E-state index contributed by atoms with van der Waals surface area (Å²) in [5, 5.41) is 22.2. The van der Waals surface area contributed by atoms with Gasteiger partial charge in [-0.25, -0.2) is 0 Å². The Morgan fingerprint density at radius 1 is 0.902 bits per heavy atom. The van der Waals surface area contributed by atoms with Crippen molar-refractivity contribution in [3.05, 3.63) is 11.6 Å². The van der Waals surface area contributed by atoms with Crippen LogP contribution in [0.25, 0.3) is 0 Å². The Kier molecular flexibility index (Phi) is 7.12. The maximum absolute atomic E-state index is 12.9. The molecule has 7 heteroatoms. The number of ether oxygens (including phenoxy) is 2. The third-order valence-corrected chi connectivity index (χ3v) is 13.7. The average molecular weight is 573 g/mol. The van der Waals surface area contributed by atoms with Crippen LogP contribution in [0, 0.1) is 50.2 Å². The predicted molar refractivity (Wildman–Crippen MR) is 155 cm³/mol. The predicted octanol–water partition coefficient (Wildman–Crippen LogP) is 6.32. The number of carbonyl (C=O) groups is 3. The molecule has 4 saturated carbocycles. The maximum atomic E-state index is 12.9. The lowest BCUT2D eigenvalue weighted by Crippen LogP contribution is -2.68. The Labute approximate surface area is 245 Å². The Hall–Kier alpha value is -1.89. The fourth-order valence-electron chi connectivity index (χ4n) is 11.3. The number of carbonyl (C=O) groups excluding carboxylic acids is 2. The summed E-state index contributed by atoms with van der Waals surface area (Å²) >= 11 is 0. The Morgan fingerprint density at radius 2 is 1.56 bits per heavy atom. The molecule has 0 bridgehead atoms. The van der Waals surface area contributed by atoms with Crippen LogP contribution in [-0.4, -0.2) is 46.9 Å². The molecule has 7 nitrogen and oxygen atoms in total.